The monoisotopic (exact) mass is 203 g/mol. The van der Waals surface area contributed by atoms with Gasteiger partial charge in [-0.15, -0.1) is 0 Å². The first-order valence-corrected chi connectivity index (χ1v) is 4.70. The number of nitrogens with zero attached hydrogens (tertiary/aromatic N) is 1. The SMILES string of the molecule is N#Cc1c(O)sc2ccccc2c1=O. The van der Waals surface area contributed by atoms with Crippen molar-refractivity contribution in [1.82, 2.24) is 0 Å². The van der Waals surface area contributed by atoms with Crippen LogP contribution in [0.25, 0.3) is 10.1 Å². The van der Waals surface area contributed by atoms with Crippen LogP contribution in [0, 0.1) is 11.3 Å². The van der Waals surface area contributed by atoms with Crippen LogP contribution >= 0.6 is 11.3 Å². The third-order valence-corrected chi connectivity index (χ3v) is 2.86. The van der Waals surface area contributed by atoms with Gasteiger partial charge in [-0.3, -0.25) is 4.79 Å². The predicted molar refractivity (Wildman–Crippen MR) is 54.5 cm³/mol. The molecule has 1 aromatic carbocycles. The fourth-order valence-electron chi connectivity index (χ4n) is 1.23. The van der Waals surface area contributed by atoms with Crippen molar-refractivity contribution < 1.29 is 5.11 Å². The number of benzene rings is 1. The molecule has 4 heteroatoms. The van der Waals surface area contributed by atoms with Gasteiger partial charge < -0.3 is 5.11 Å². The predicted octanol–water partition coefficient (Wildman–Crippen LogP) is 1.84. The highest BCUT2D eigenvalue weighted by molar-refractivity contribution is 7.20. The Labute approximate surface area is 83.5 Å². The van der Waals surface area contributed by atoms with Gasteiger partial charge in [0, 0.05) is 10.1 Å². The van der Waals surface area contributed by atoms with E-state index in [1.807, 2.05) is 0 Å². The maximum Gasteiger partial charge on any atom is 0.209 e. The van der Waals surface area contributed by atoms with Crippen LogP contribution in [0.3, 0.4) is 0 Å². The molecule has 0 unspecified atom stereocenters. The lowest BCUT2D eigenvalue weighted by Gasteiger charge is -1.97. The third-order valence-electron chi connectivity index (χ3n) is 1.89. The van der Waals surface area contributed by atoms with E-state index in [2.05, 4.69) is 0 Å². The van der Waals surface area contributed by atoms with Gasteiger partial charge in [0.15, 0.2) is 10.6 Å². The number of nitriles is 1. The zero-order chi connectivity index (χ0) is 10.1. The fourth-order valence-corrected chi connectivity index (χ4v) is 2.09. The summed E-state index contributed by atoms with van der Waals surface area (Å²) in [7, 11) is 0. The van der Waals surface area contributed by atoms with E-state index in [-0.39, 0.29) is 10.6 Å². The number of rotatable bonds is 0. The molecular weight excluding hydrogens is 198 g/mol. The highest BCUT2D eigenvalue weighted by Crippen LogP contribution is 2.26. The zero-order valence-electron chi connectivity index (χ0n) is 7.02. The first kappa shape index (κ1) is 8.73. The van der Waals surface area contributed by atoms with Crippen molar-refractivity contribution >= 4 is 21.4 Å². The van der Waals surface area contributed by atoms with Gasteiger partial charge in [0.1, 0.15) is 6.07 Å². The van der Waals surface area contributed by atoms with Crippen LogP contribution in [0.2, 0.25) is 0 Å². The van der Waals surface area contributed by atoms with Crippen LogP contribution in [0.1, 0.15) is 5.56 Å². The van der Waals surface area contributed by atoms with E-state index in [9.17, 15) is 9.90 Å². The quantitative estimate of drug-likeness (QED) is 0.710. The lowest BCUT2D eigenvalue weighted by atomic mass is 10.2. The highest BCUT2D eigenvalue weighted by atomic mass is 32.1. The van der Waals surface area contributed by atoms with Crippen LogP contribution in [-0.2, 0) is 0 Å². The van der Waals surface area contributed by atoms with Crippen molar-refractivity contribution in [3.63, 3.8) is 0 Å². The first-order chi connectivity index (χ1) is 6.74. The molecule has 0 radical (unpaired) electrons. The smallest absolute Gasteiger partial charge is 0.209 e. The molecular formula is C10H5NO2S. The van der Waals surface area contributed by atoms with Gasteiger partial charge in [0.2, 0.25) is 5.43 Å². The van der Waals surface area contributed by atoms with Gasteiger partial charge >= 0.3 is 0 Å². The molecule has 2 rings (SSSR count). The Morgan fingerprint density at radius 2 is 2.07 bits per heavy atom. The standard InChI is InChI=1S/C10H5NO2S/c11-5-7-9(12)6-3-1-2-4-8(6)14-10(7)13/h1-4,13H. The number of hydrogen-bond acceptors (Lipinski definition) is 4. The van der Waals surface area contributed by atoms with Gasteiger partial charge in [0.25, 0.3) is 0 Å². The van der Waals surface area contributed by atoms with E-state index >= 15 is 0 Å². The molecule has 0 amide bonds. The summed E-state index contributed by atoms with van der Waals surface area (Å²) in [5, 5.41) is 18.3. The summed E-state index contributed by atoms with van der Waals surface area (Å²) >= 11 is 1.04. The first-order valence-electron chi connectivity index (χ1n) is 3.89. The summed E-state index contributed by atoms with van der Waals surface area (Å²) in [4.78, 5) is 11.6. The van der Waals surface area contributed by atoms with Crippen LogP contribution < -0.4 is 5.43 Å². The van der Waals surface area contributed by atoms with E-state index in [1.165, 1.54) is 0 Å². The van der Waals surface area contributed by atoms with Gasteiger partial charge in [-0.05, 0) is 12.1 Å². The zero-order valence-corrected chi connectivity index (χ0v) is 7.84. The van der Waals surface area contributed by atoms with Gasteiger partial charge in [0.05, 0.1) is 0 Å². The Hall–Kier alpha value is -1.86. The molecule has 0 aliphatic carbocycles. The van der Waals surface area contributed by atoms with Crippen molar-refractivity contribution in [2.24, 2.45) is 0 Å². The molecule has 0 bridgehead atoms. The lowest BCUT2D eigenvalue weighted by Crippen LogP contribution is -2.04. The minimum Gasteiger partial charge on any atom is -0.498 e. The van der Waals surface area contributed by atoms with Crippen LogP contribution in [0.5, 0.6) is 5.06 Å². The Balaban J connectivity index is 3.03. The topological polar surface area (TPSA) is 61.1 Å². The maximum absolute atomic E-state index is 11.6. The minimum atomic E-state index is -0.403. The normalized spacial score (nSPS) is 9.93. The Kier molecular flexibility index (Phi) is 1.95. The number of aromatic hydroxyl groups is 1. The molecule has 1 N–H and O–H groups in total. The van der Waals surface area contributed by atoms with E-state index in [4.69, 9.17) is 5.26 Å². The summed E-state index contributed by atoms with van der Waals surface area (Å²) in [6.07, 6.45) is 0. The summed E-state index contributed by atoms with van der Waals surface area (Å²) in [5.74, 6) is 0. The molecule has 0 aliphatic heterocycles. The fraction of sp³-hybridized carbons (Fsp3) is 0. The third kappa shape index (κ3) is 1.15. The summed E-state index contributed by atoms with van der Waals surface area (Å²) in [6.45, 7) is 0. The average molecular weight is 203 g/mol. The molecule has 0 spiro atoms. The summed E-state index contributed by atoms with van der Waals surface area (Å²) in [6, 6.07) is 8.60. The second-order valence-corrected chi connectivity index (χ2v) is 3.75. The number of fused-ring (bicyclic) bond motifs is 1. The van der Waals surface area contributed by atoms with E-state index in [0.29, 0.717) is 10.1 Å². The Bertz CT molecular complexity index is 595. The molecule has 0 fully saturated rings. The molecule has 3 nitrogen and oxygen atoms in total. The highest BCUT2D eigenvalue weighted by Gasteiger charge is 2.10. The molecule has 1 heterocycles. The average Bonchev–Trinajstić information content (AvgIpc) is 2.18. The van der Waals surface area contributed by atoms with Crippen LogP contribution in [0.4, 0.5) is 0 Å². The summed E-state index contributed by atoms with van der Waals surface area (Å²) < 4.78 is 0.689. The second-order valence-electron chi connectivity index (χ2n) is 2.72. The van der Waals surface area contributed by atoms with Crippen molar-refractivity contribution in [3.8, 4) is 11.1 Å². The maximum atomic E-state index is 11.6. The van der Waals surface area contributed by atoms with E-state index < -0.39 is 5.43 Å². The van der Waals surface area contributed by atoms with Gasteiger partial charge in [-0.1, -0.05) is 23.5 Å². The molecule has 14 heavy (non-hydrogen) atoms. The van der Waals surface area contributed by atoms with Crippen molar-refractivity contribution in [1.29, 1.82) is 5.26 Å². The van der Waals surface area contributed by atoms with Crippen LogP contribution in [0.15, 0.2) is 29.1 Å². The molecule has 2 aromatic rings. The van der Waals surface area contributed by atoms with E-state index in [0.717, 1.165) is 11.3 Å². The second kappa shape index (κ2) is 3.13. The molecule has 0 saturated heterocycles. The Morgan fingerprint density at radius 3 is 2.79 bits per heavy atom. The van der Waals surface area contributed by atoms with Crippen molar-refractivity contribution in [2.75, 3.05) is 0 Å². The molecule has 0 aliphatic rings. The van der Waals surface area contributed by atoms with E-state index in [1.54, 1.807) is 30.3 Å². The minimum absolute atomic E-state index is 0.173. The van der Waals surface area contributed by atoms with Crippen LogP contribution in [-0.4, -0.2) is 5.11 Å². The van der Waals surface area contributed by atoms with Gasteiger partial charge in [-0.2, -0.15) is 5.26 Å². The molecule has 0 saturated carbocycles. The van der Waals surface area contributed by atoms with Crippen molar-refractivity contribution in [2.45, 2.75) is 0 Å². The summed E-state index contributed by atoms with van der Waals surface area (Å²) in [5.41, 5.74) is -0.576. The van der Waals surface area contributed by atoms with Gasteiger partial charge in [-0.25, -0.2) is 0 Å². The largest absolute Gasteiger partial charge is 0.498 e. The Morgan fingerprint density at radius 1 is 1.36 bits per heavy atom. The lowest BCUT2D eigenvalue weighted by molar-refractivity contribution is 0.488. The molecule has 1 aromatic heterocycles. The molecule has 0 atom stereocenters. The van der Waals surface area contributed by atoms with Crippen molar-refractivity contribution in [3.05, 3.63) is 40.1 Å². The molecule has 68 valence electrons. The number of hydrogen-bond donors (Lipinski definition) is 1.